The molecule has 6 aromatic rings. The van der Waals surface area contributed by atoms with Crippen LogP contribution < -0.4 is 41.0 Å². The van der Waals surface area contributed by atoms with Gasteiger partial charge in [0.25, 0.3) is 0 Å². The van der Waals surface area contributed by atoms with Crippen LogP contribution in [0.5, 0.6) is 0 Å². The average Bonchev–Trinajstić information content (AvgIpc) is 3.77. The molecule has 3 aliphatic carbocycles. The minimum Gasteiger partial charge on any atom is -1.00 e. The largest absolute Gasteiger partial charge is 1.00 e. The smallest absolute Gasteiger partial charge is 1.00 e. The van der Waals surface area contributed by atoms with Crippen LogP contribution in [0.25, 0.3) is 33.4 Å². The van der Waals surface area contributed by atoms with E-state index in [4.69, 9.17) is 15.6 Å². The maximum Gasteiger partial charge on any atom is 1.00 e. The molecule has 0 saturated carbocycles. The number of carbonyl (C=O) groups excluding carboxylic acids is 5. The van der Waals surface area contributed by atoms with E-state index in [1.54, 1.807) is 6.07 Å². The van der Waals surface area contributed by atoms with Gasteiger partial charge in [0, 0.05) is 56.3 Å². The normalized spacial score (nSPS) is 12.3. The Morgan fingerprint density at radius 2 is 0.911 bits per heavy atom. The summed E-state index contributed by atoms with van der Waals surface area (Å²) in [6, 6.07) is 40.1. The Bertz CT molecular complexity index is 2390. The molecule has 0 aromatic heterocycles. The predicted octanol–water partition coefficient (Wildman–Crippen LogP) is 3.06. The van der Waals surface area contributed by atoms with E-state index in [-0.39, 0.29) is 57.4 Å². The van der Waals surface area contributed by atoms with Crippen molar-refractivity contribution in [3.05, 3.63) is 172 Å². The van der Waals surface area contributed by atoms with E-state index in [0.717, 1.165) is 92.0 Å². The first-order chi connectivity index (χ1) is 26.3. The van der Waals surface area contributed by atoms with Gasteiger partial charge in [-0.25, -0.2) is 0 Å². The summed E-state index contributed by atoms with van der Waals surface area (Å²) in [7, 11) is 1.00. The quantitative estimate of drug-likeness (QED) is 0.120. The third-order valence-electron chi connectivity index (χ3n) is 9.13. The number of aldehydes is 2. The van der Waals surface area contributed by atoms with Crippen molar-refractivity contribution in [2.75, 3.05) is 12.8 Å². The fourth-order valence-corrected chi connectivity index (χ4v) is 6.80. The summed E-state index contributed by atoms with van der Waals surface area (Å²) in [5.74, 6) is 0.135. The van der Waals surface area contributed by atoms with E-state index in [1.807, 2.05) is 121 Å². The van der Waals surface area contributed by atoms with Crippen LogP contribution in [-0.4, -0.2) is 56.3 Å². The SMILES string of the molecule is CO.NC=O.Nc1ccc2c(c1)C(=O)c1ccccc1-2.O=CCc1ccc2c(c1)C(=O)c1ccccc1-2.O=CCc1ccc2c(c1)C(O)c1ccccc1-2.[B].[H-].[Na+]. The molecule has 3 radical (unpaired) electrons. The molecule has 6 aromatic carbocycles. The summed E-state index contributed by atoms with van der Waals surface area (Å²) in [4.78, 5) is 53.7. The minimum absolute atomic E-state index is 0. The Hall–Kier alpha value is -5.75. The third kappa shape index (κ3) is 9.19. The first kappa shape index (κ1) is 44.7. The zero-order valence-electron chi connectivity index (χ0n) is 32.0. The van der Waals surface area contributed by atoms with Gasteiger partial charge < -0.3 is 32.7 Å². The number of aliphatic hydroxyl groups excluding tert-OH is 2. The first-order valence-corrected chi connectivity index (χ1v) is 17.0. The molecule has 0 aliphatic heterocycles. The molecule has 0 heterocycles. The number of amides is 1. The van der Waals surface area contributed by atoms with Gasteiger partial charge in [0.15, 0.2) is 11.6 Å². The molecule has 56 heavy (non-hydrogen) atoms. The number of rotatable bonds is 4. The van der Waals surface area contributed by atoms with E-state index in [2.05, 4.69) is 5.73 Å². The van der Waals surface area contributed by atoms with Crippen LogP contribution in [0.15, 0.2) is 127 Å². The van der Waals surface area contributed by atoms with Crippen molar-refractivity contribution in [3.63, 3.8) is 0 Å². The van der Waals surface area contributed by atoms with Crippen molar-refractivity contribution in [1.29, 1.82) is 0 Å². The standard InChI is InChI=1S/C15H12O2.C15H10O2.C13H9NO.CH3NO.CH4O.B.Na.H/c2*16-8-7-10-5-6-12-11-3-1-2-4-13(11)15(17)14(12)9-10;14-8-5-6-10-9-3-1-2-4-11(9)13(15)12(10)7-8;2-1-3;1-2;;;/h1-6,8-9,15,17H,7H2;1-6,8-9H,7H2;1-7H,14H2;1H,(H2,2,3);2H,1H3;;;/q;;;;;;+1;-1. The van der Waals surface area contributed by atoms with Crippen molar-refractivity contribution in [2.24, 2.45) is 5.73 Å². The van der Waals surface area contributed by atoms with Crippen LogP contribution in [-0.2, 0) is 27.2 Å². The molecule has 6 N–H and O–H groups in total. The number of carbonyl (C=O) groups is 5. The number of primary amides is 1. The average molecular weight is 754 g/mol. The number of hydrogen-bond donors (Lipinski definition) is 4. The topological polar surface area (TPSA) is 178 Å². The van der Waals surface area contributed by atoms with Crippen LogP contribution in [0.3, 0.4) is 0 Å². The molecule has 1 atom stereocenters. The van der Waals surface area contributed by atoms with Crippen molar-refractivity contribution < 1.29 is 65.2 Å². The van der Waals surface area contributed by atoms with E-state index >= 15 is 0 Å². The Morgan fingerprint density at radius 3 is 1.43 bits per heavy atom. The van der Waals surface area contributed by atoms with Gasteiger partial charge in [-0.05, 0) is 73.8 Å². The van der Waals surface area contributed by atoms with Gasteiger partial charge in [-0.15, -0.1) is 0 Å². The Morgan fingerprint density at radius 1 is 0.536 bits per heavy atom. The van der Waals surface area contributed by atoms with E-state index in [1.165, 1.54) is 0 Å². The van der Waals surface area contributed by atoms with Crippen LogP contribution in [0.2, 0.25) is 0 Å². The molecular formula is C45H39BN2NaO7. The molecule has 9 rings (SSSR count). The van der Waals surface area contributed by atoms with Crippen LogP contribution in [0.4, 0.5) is 5.69 Å². The number of nitrogen functional groups attached to an aromatic ring is 1. The van der Waals surface area contributed by atoms with Crippen LogP contribution in [0, 0.1) is 0 Å². The number of hydrogen-bond acceptors (Lipinski definition) is 8. The molecule has 0 bridgehead atoms. The Balaban J connectivity index is 0.000000273. The molecule has 275 valence electrons. The van der Waals surface area contributed by atoms with Gasteiger partial charge in [-0.3, -0.25) is 14.4 Å². The Labute approximate surface area is 350 Å². The molecule has 0 spiro atoms. The predicted molar refractivity (Wildman–Crippen MR) is 216 cm³/mol. The second-order valence-electron chi connectivity index (χ2n) is 12.2. The summed E-state index contributed by atoms with van der Waals surface area (Å²) < 4.78 is 0. The van der Waals surface area contributed by atoms with Gasteiger partial charge in [-0.1, -0.05) is 109 Å². The summed E-state index contributed by atoms with van der Waals surface area (Å²) in [6.45, 7) is 0. The number of ketones is 2. The zero-order chi connectivity index (χ0) is 38.8. The molecular weight excluding hydrogens is 714 g/mol. The number of benzene rings is 6. The molecule has 0 fully saturated rings. The first-order valence-electron chi connectivity index (χ1n) is 17.0. The fraction of sp³-hybridized carbons (Fsp3) is 0.0889. The maximum absolute atomic E-state index is 12.2. The van der Waals surface area contributed by atoms with Crippen molar-refractivity contribution in [1.82, 2.24) is 0 Å². The number of anilines is 1. The second-order valence-corrected chi connectivity index (χ2v) is 12.2. The Kier molecular flexibility index (Phi) is 16.6. The summed E-state index contributed by atoms with van der Waals surface area (Å²) in [5.41, 5.74) is 23.3. The van der Waals surface area contributed by atoms with Crippen molar-refractivity contribution in [2.45, 2.75) is 18.9 Å². The molecule has 0 saturated heterocycles. The monoisotopic (exact) mass is 753 g/mol. The van der Waals surface area contributed by atoms with Crippen molar-refractivity contribution in [3.8, 4) is 33.4 Å². The molecule has 11 heteroatoms. The summed E-state index contributed by atoms with van der Waals surface area (Å²) in [5, 5.41) is 17.2. The van der Waals surface area contributed by atoms with E-state index in [0.29, 0.717) is 24.1 Å². The van der Waals surface area contributed by atoms with Gasteiger partial charge in [0.1, 0.15) is 18.7 Å². The van der Waals surface area contributed by atoms with Crippen molar-refractivity contribution >= 4 is 44.6 Å². The van der Waals surface area contributed by atoms with Crippen LogP contribution >= 0.6 is 0 Å². The number of aliphatic hydroxyl groups is 2. The van der Waals surface area contributed by atoms with Gasteiger partial charge >= 0.3 is 29.6 Å². The minimum atomic E-state index is -0.562. The molecule has 9 nitrogen and oxygen atoms in total. The zero-order valence-corrected chi connectivity index (χ0v) is 33.0. The van der Waals surface area contributed by atoms with E-state index < -0.39 is 6.10 Å². The maximum atomic E-state index is 12.2. The molecule has 1 amide bonds. The molecule has 1 unspecified atom stereocenters. The van der Waals surface area contributed by atoms with E-state index in [9.17, 15) is 24.3 Å². The number of nitrogens with two attached hydrogens (primary N) is 2. The van der Waals surface area contributed by atoms with Gasteiger partial charge in [-0.2, -0.15) is 0 Å². The van der Waals surface area contributed by atoms with Crippen LogP contribution in [0.1, 0.15) is 61.6 Å². The molecule has 3 aliphatic rings. The summed E-state index contributed by atoms with van der Waals surface area (Å²) in [6.07, 6.45) is 2.19. The summed E-state index contributed by atoms with van der Waals surface area (Å²) >= 11 is 0. The van der Waals surface area contributed by atoms with Gasteiger partial charge in [0.2, 0.25) is 6.41 Å². The fourth-order valence-electron chi connectivity index (χ4n) is 6.80. The number of fused-ring (bicyclic) bond motifs is 9. The third-order valence-corrected chi connectivity index (χ3v) is 9.13. The second kappa shape index (κ2) is 20.8. The van der Waals surface area contributed by atoms with Gasteiger partial charge in [0.05, 0.1) is 0 Å².